The maximum Gasteiger partial charge on any atom is 0.296 e. The zero-order chi connectivity index (χ0) is 21.1. The lowest BCUT2D eigenvalue weighted by atomic mass is 10.0. The standard InChI is InChI=1S/C22H17ClN4O2S/c1-14-21(28)27(22(30)26-25-14)24-12-19-18-5-3-2-4-16(18)8-11-20(19)29-13-15-6-9-17(23)10-7-15/h2-12H,13H2,1H3,(H,26,30)/b24-12-. The molecule has 0 spiro atoms. The molecule has 0 saturated carbocycles. The van der Waals surface area contributed by atoms with E-state index in [2.05, 4.69) is 15.3 Å². The van der Waals surface area contributed by atoms with Crippen molar-refractivity contribution in [1.29, 1.82) is 0 Å². The van der Waals surface area contributed by atoms with Crippen LogP contribution in [0.2, 0.25) is 5.02 Å². The van der Waals surface area contributed by atoms with Crippen molar-refractivity contribution in [3.63, 3.8) is 0 Å². The monoisotopic (exact) mass is 436 g/mol. The van der Waals surface area contributed by atoms with Crippen molar-refractivity contribution in [3.8, 4) is 5.75 Å². The minimum Gasteiger partial charge on any atom is -0.488 e. The first kappa shape index (κ1) is 20.0. The summed E-state index contributed by atoms with van der Waals surface area (Å²) in [5, 5.41) is 13.5. The Morgan fingerprint density at radius 3 is 2.73 bits per heavy atom. The number of H-pyrrole nitrogens is 1. The van der Waals surface area contributed by atoms with Gasteiger partial charge in [0.05, 0.1) is 6.21 Å². The zero-order valence-corrected chi connectivity index (χ0v) is 17.6. The summed E-state index contributed by atoms with van der Waals surface area (Å²) in [6, 6.07) is 19.2. The lowest BCUT2D eigenvalue weighted by Gasteiger charge is -2.12. The Morgan fingerprint density at radius 1 is 1.17 bits per heavy atom. The summed E-state index contributed by atoms with van der Waals surface area (Å²) in [5.74, 6) is 0.640. The van der Waals surface area contributed by atoms with Crippen LogP contribution < -0.4 is 10.3 Å². The molecule has 0 aliphatic rings. The minimum atomic E-state index is -0.376. The predicted octanol–water partition coefficient (Wildman–Crippen LogP) is 4.88. The normalized spacial score (nSPS) is 11.3. The highest BCUT2D eigenvalue weighted by Gasteiger charge is 2.09. The van der Waals surface area contributed by atoms with E-state index in [0.29, 0.717) is 17.4 Å². The van der Waals surface area contributed by atoms with Gasteiger partial charge in [0.2, 0.25) is 4.77 Å². The second kappa shape index (κ2) is 8.61. The number of aromatic nitrogens is 3. The third-order valence-corrected chi connectivity index (χ3v) is 5.07. The van der Waals surface area contributed by atoms with Gasteiger partial charge in [0, 0.05) is 10.6 Å². The minimum absolute atomic E-state index is 0.116. The molecule has 1 heterocycles. The third-order valence-electron chi connectivity index (χ3n) is 4.55. The van der Waals surface area contributed by atoms with Crippen molar-refractivity contribution in [2.45, 2.75) is 13.5 Å². The lowest BCUT2D eigenvalue weighted by Crippen LogP contribution is -2.22. The molecule has 0 fully saturated rings. The molecule has 0 aliphatic heterocycles. The quantitative estimate of drug-likeness (QED) is 0.357. The van der Waals surface area contributed by atoms with Crippen molar-refractivity contribution >= 4 is 40.8 Å². The summed E-state index contributed by atoms with van der Waals surface area (Å²) < 4.78 is 7.31. The highest BCUT2D eigenvalue weighted by atomic mass is 35.5. The van der Waals surface area contributed by atoms with Crippen LogP contribution in [-0.2, 0) is 6.61 Å². The van der Waals surface area contributed by atoms with E-state index in [1.165, 1.54) is 0 Å². The van der Waals surface area contributed by atoms with Crippen molar-refractivity contribution in [2.75, 3.05) is 0 Å². The van der Waals surface area contributed by atoms with Gasteiger partial charge in [-0.3, -0.25) is 9.89 Å². The molecule has 8 heteroatoms. The molecule has 0 bridgehead atoms. The number of hydrogen-bond donors (Lipinski definition) is 1. The van der Waals surface area contributed by atoms with Crippen LogP contribution in [0.1, 0.15) is 16.8 Å². The van der Waals surface area contributed by atoms with Crippen LogP contribution in [0.5, 0.6) is 5.75 Å². The Hall–Kier alpha value is -3.29. The van der Waals surface area contributed by atoms with Gasteiger partial charge < -0.3 is 4.74 Å². The number of halogens is 1. The summed E-state index contributed by atoms with van der Waals surface area (Å²) in [4.78, 5) is 12.4. The summed E-state index contributed by atoms with van der Waals surface area (Å²) in [6.45, 7) is 1.96. The van der Waals surface area contributed by atoms with Crippen LogP contribution in [0.25, 0.3) is 10.8 Å². The first-order valence-corrected chi connectivity index (χ1v) is 9.93. The highest BCUT2D eigenvalue weighted by Crippen LogP contribution is 2.27. The van der Waals surface area contributed by atoms with E-state index in [4.69, 9.17) is 28.6 Å². The predicted molar refractivity (Wildman–Crippen MR) is 121 cm³/mol. The van der Waals surface area contributed by atoms with Crippen LogP contribution in [0.3, 0.4) is 0 Å². The maximum atomic E-state index is 12.4. The molecular formula is C22H17ClN4O2S. The van der Waals surface area contributed by atoms with Crippen LogP contribution in [0.15, 0.2) is 70.6 Å². The Balaban J connectivity index is 1.76. The van der Waals surface area contributed by atoms with Gasteiger partial charge in [-0.2, -0.15) is 14.9 Å². The molecule has 1 aromatic heterocycles. The van der Waals surface area contributed by atoms with E-state index in [1.807, 2.05) is 60.7 Å². The van der Waals surface area contributed by atoms with E-state index >= 15 is 0 Å². The van der Waals surface area contributed by atoms with Gasteiger partial charge in [0.25, 0.3) is 5.56 Å². The number of hydrogen-bond acceptors (Lipinski definition) is 5. The molecule has 0 atom stereocenters. The van der Waals surface area contributed by atoms with Crippen molar-refractivity contribution in [1.82, 2.24) is 14.9 Å². The Bertz CT molecular complexity index is 1360. The van der Waals surface area contributed by atoms with E-state index < -0.39 is 0 Å². The average molecular weight is 437 g/mol. The lowest BCUT2D eigenvalue weighted by molar-refractivity contribution is 0.306. The number of benzene rings is 3. The molecule has 4 rings (SSSR count). The number of ether oxygens (including phenoxy) is 1. The molecule has 150 valence electrons. The Morgan fingerprint density at radius 2 is 1.93 bits per heavy atom. The largest absolute Gasteiger partial charge is 0.488 e. The zero-order valence-electron chi connectivity index (χ0n) is 16.0. The fourth-order valence-electron chi connectivity index (χ4n) is 2.97. The van der Waals surface area contributed by atoms with Gasteiger partial charge in [-0.15, -0.1) is 0 Å². The molecule has 4 aromatic rings. The van der Waals surface area contributed by atoms with Gasteiger partial charge in [-0.05, 0) is 53.7 Å². The van der Waals surface area contributed by atoms with Crippen LogP contribution in [0, 0.1) is 11.7 Å². The van der Waals surface area contributed by atoms with Crippen LogP contribution in [-0.4, -0.2) is 21.1 Å². The van der Waals surface area contributed by atoms with Crippen LogP contribution >= 0.6 is 23.8 Å². The van der Waals surface area contributed by atoms with Gasteiger partial charge >= 0.3 is 0 Å². The summed E-state index contributed by atoms with van der Waals surface area (Å²) >= 11 is 11.1. The molecule has 6 nitrogen and oxygen atoms in total. The molecule has 0 unspecified atom stereocenters. The topological polar surface area (TPSA) is 72.3 Å². The Kier molecular flexibility index (Phi) is 5.74. The first-order valence-electron chi connectivity index (χ1n) is 9.14. The van der Waals surface area contributed by atoms with E-state index in [1.54, 1.807) is 13.1 Å². The smallest absolute Gasteiger partial charge is 0.296 e. The van der Waals surface area contributed by atoms with Gasteiger partial charge in [0.1, 0.15) is 18.1 Å². The average Bonchev–Trinajstić information content (AvgIpc) is 2.76. The van der Waals surface area contributed by atoms with Crippen molar-refractivity contribution in [2.24, 2.45) is 5.10 Å². The number of nitrogens with one attached hydrogen (secondary N) is 1. The third kappa shape index (κ3) is 4.17. The van der Waals surface area contributed by atoms with E-state index in [0.717, 1.165) is 26.6 Å². The first-order chi connectivity index (χ1) is 14.5. The summed E-state index contributed by atoms with van der Waals surface area (Å²) in [6.07, 6.45) is 1.59. The second-order valence-corrected chi connectivity index (χ2v) is 7.41. The second-order valence-electron chi connectivity index (χ2n) is 6.59. The maximum absolute atomic E-state index is 12.4. The molecule has 0 amide bonds. The van der Waals surface area contributed by atoms with Crippen molar-refractivity contribution < 1.29 is 4.74 Å². The van der Waals surface area contributed by atoms with Gasteiger partial charge in [-0.1, -0.05) is 54.1 Å². The van der Waals surface area contributed by atoms with Gasteiger partial charge in [-0.25, -0.2) is 0 Å². The summed E-state index contributed by atoms with van der Waals surface area (Å²) in [5.41, 5.74) is 1.63. The fraction of sp³-hybridized carbons (Fsp3) is 0.0909. The Labute approximate surface area is 182 Å². The molecule has 3 aromatic carbocycles. The molecule has 30 heavy (non-hydrogen) atoms. The molecule has 0 radical (unpaired) electrons. The number of aromatic amines is 1. The van der Waals surface area contributed by atoms with E-state index in [-0.39, 0.29) is 16.0 Å². The number of aryl methyl sites for hydroxylation is 1. The SMILES string of the molecule is Cc1n[nH]c(=S)n(/N=C\c2c(OCc3ccc(Cl)cc3)ccc3ccccc23)c1=O. The number of rotatable bonds is 5. The molecular weight excluding hydrogens is 420 g/mol. The van der Waals surface area contributed by atoms with Gasteiger partial charge in [0.15, 0.2) is 0 Å². The highest BCUT2D eigenvalue weighted by molar-refractivity contribution is 7.71. The molecule has 1 N–H and O–H groups in total. The number of nitrogens with zero attached hydrogens (tertiary/aromatic N) is 3. The fourth-order valence-corrected chi connectivity index (χ4v) is 3.27. The summed E-state index contributed by atoms with van der Waals surface area (Å²) in [7, 11) is 0. The molecule has 0 aliphatic carbocycles. The van der Waals surface area contributed by atoms with Crippen molar-refractivity contribution in [3.05, 3.63) is 97.6 Å². The molecule has 0 saturated heterocycles. The van der Waals surface area contributed by atoms with Crippen LogP contribution in [0.4, 0.5) is 0 Å². The number of fused-ring (bicyclic) bond motifs is 1. The van der Waals surface area contributed by atoms with E-state index in [9.17, 15) is 4.79 Å².